The minimum absolute atomic E-state index is 0.156. The molecule has 1 aliphatic carbocycles. The van der Waals surface area contributed by atoms with Gasteiger partial charge in [-0.1, -0.05) is 6.08 Å². The van der Waals surface area contributed by atoms with Gasteiger partial charge in [-0.25, -0.2) is 0 Å². The summed E-state index contributed by atoms with van der Waals surface area (Å²) in [5.74, 6) is 0. The van der Waals surface area contributed by atoms with Gasteiger partial charge in [-0.3, -0.25) is 9.88 Å². The second kappa shape index (κ2) is 9.03. The Morgan fingerprint density at radius 1 is 1.23 bits per heavy atom. The number of nitrogens with zero attached hydrogens (tertiary/aromatic N) is 5. The Hall–Kier alpha value is -3.34. The number of fused-ring (bicyclic) bond motifs is 3. The maximum Gasteiger partial charge on any atom is 0.101 e. The van der Waals surface area contributed by atoms with Gasteiger partial charge in [0.25, 0.3) is 0 Å². The Morgan fingerprint density at radius 2 is 2.14 bits per heavy atom. The van der Waals surface area contributed by atoms with Crippen LogP contribution in [0.4, 0.5) is 5.69 Å². The van der Waals surface area contributed by atoms with Gasteiger partial charge >= 0.3 is 0 Å². The zero-order valence-corrected chi connectivity index (χ0v) is 20.2. The standard InChI is InChI=1S/C28H32N6O/c1-19-15-33(26-7-4-20(14-29)28-25(26)3-2-9-31-28)18-27-24-6-5-22(13-21(24)16-34(19)27)30-10-12-32-11-8-23(35)17-32/h2-5,7,9,13,19,23,30,35H,6,8,10-12,15-18H2,1H3/t19-,23+/m1/s1. The third kappa shape index (κ3) is 4.07. The predicted octanol–water partition coefficient (Wildman–Crippen LogP) is 2.75. The fourth-order valence-electron chi connectivity index (χ4n) is 6.05. The van der Waals surface area contributed by atoms with Crippen LogP contribution in [-0.4, -0.2) is 77.8 Å². The Morgan fingerprint density at radius 3 is 2.97 bits per heavy atom. The first-order valence-electron chi connectivity index (χ1n) is 12.7. The first-order chi connectivity index (χ1) is 17.1. The molecule has 1 aromatic heterocycles. The molecule has 4 heterocycles. The summed E-state index contributed by atoms with van der Waals surface area (Å²) in [6.07, 6.45) is 8.11. The molecule has 2 fully saturated rings. The average Bonchev–Trinajstić information content (AvgIpc) is 3.46. The number of rotatable bonds is 5. The van der Waals surface area contributed by atoms with Crippen LogP contribution in [0.5, 0.6) is 0 Å². The van der Waals surface area contributed by atoms with Crippen molar-refractivity contribution >= 4 is 16.6 Å². The smallest absolute Gasteiger partial charge is 0.101 e. The quantitative estimate of drug-likeness (QED) is 0.699. The summed E-state index contributed by atoms with van der Waals surface area (Å²) in [6.45, 7) is 8.78. The van der Waals surface area contributed by atoms with Gasteiger partial charge in [0.15, 0.2) is 0 Å². The molecule has 2 saturated heterocycles. The number of aliphatic hydroxyl groups excluding tert-OH is 1. The van der Waals surface area contributed by atoms with Crippen LogP contribution in [-0.2, 0) is 0 Å². The van der Waals surface area contributed by atoms with E-state index in [9.17, 15) is 10.4 Å². The van der Waals surface area contributed by atoms with Crippen LogP contribution < -0.4 is 10.2 Å². The lowest BCUT2D eigenvalue weighted by Gasteiger charge is -2.42. The molecule has 180 valence electrons. The van der Waals surface area contributed by atoms with E-state index in [1.165, 1.54) is 22.5 Å². The number of piperazine rings is 1. The minimum atomic E-state index is -0.156. The summed E-state index contributed by atoms with van der Waals surface area (Å²) in [5, 5.41) is 23.9. The molecule has 7 heteroatoms. The third-order valence-corrected chi connectivity index (χ3v) is 7.85. The number of likely N-dealkylation sites (tertiary alicyclic amines) is 1. The Labute approximate surface area is 206 Å². The number of allylic oxidation sites excluding steroid dienone is 2. The molecule has 0 bridgehead atoms. The zero-order chi connectivity index (χ0) is 23.9. The molecule has 6 rings (SSSR count). The number of aliphatic hydroxyl groups is 1. The molecular formula is C28H32N6O. The lowest BCUT2D eigenvalue weighted by Crippen LogP contribution is -2.49. The largest absolute Gasteiger partial charge is 0.392 e. The first-order valence-corrected chi connectivity index (χ1v) is 12.7. The van der Waals surface area contributed by atoms with Crippen LogP contribution >= 0.6 is 0 Å². The summed E-state index contributed by atoms with van der Waals surface area (Å²) in [4.78, 5) is 11.9. The summed E-state index contributed by atoms with van der Waals surface area (Å²) >= 11 is 0. The summed E-state index contributed by atoms with van der Waals surface area (Å²) < 4.78 is 0. The average molecular weight is 469 g/mol. The molecule has 2 N–H and O–H groups in total. The Kier molecular flexibility index (Phi) is 5.71. The molecule has 2 aromatic rings. The van der Waals surface area contributed by atoms with E-state index in [0.717, 1.165) is 75.2 Å². The number of nitriles is 1. The van der Waals surface area contributed by atoms with Gasteiger partial charge in [-0.2, -0.15) is 5.26 Å². The number of hydrogen-bond donors (Lipinski definition) is 2. The molecule has 35 heavy (non-hydrogen) atoms. The van der Waals surface area contributed by atoms with E-state index in [1.54, 1.807) is 6.20 Å². The summed E-state index contributed by atoms with van der Waals surface area (Å²) in [5.41, 5.74) is 8.11. The fraction of sp³-hybridized carbons (Fsp3) is 0.429. The number of hydrogen-bond acceptors (Lipinski definition) is 7. The van der Waals surface area contributed by atoms with Crippen LogP contribution in [0.3, 0.4) is 0 Å². The van der Waals surface area contributed by atoms with Crippen molar-refractivity contribution in [3.63, 3.8) is 0 Å². The molecule has 0 saturated carbocycles. The molecule has 7 nitrogen and oxygen atoms in total. The van der Waals surface area contributed by atoms with Crippen LogP contribution in [0.2, 0.25) is 0 Å². The molecule has 0 amide bonds. The maximum atomic E-state index is 9.73. The number of aromatic nitrogens is 1. The highest BCUT2D eigenvalue weighted by atomic mass is 16.3. The van der Waals surface area contributed by atoms with Gasteiger partial charge in [0, 0.05) is 74.0 Å². The molecule has 4 aliphatic rings. The van der Waals surface area contributed by atoms with Gasteiger partial charge in [0.2, 0.25) is 0 Å². The van der Waals surface area contributed by atoms with Gasteiger partial charge < -0.3 is 20.2 Å². The van der Waals surface area contributed by atoms with Gasteiger partial charge in [-0.05, 0) is 61.3 Å². The van der Waals surface area contributed by atoms with E-state index in [2.05, 4.69) is 62.3 Å². The number of benzene rings is 1. The van der Waals surface area contributed by atoms with Crippen molar-refractivity contribution in [1.82, 2.24) is 20.1 Å². The van der Waals surface area contributed by atoms with Crippen LogP contribution in [0, 0.1) is 11.3 Å². The van der Waals surface area contributed by atoms with E-state index >= 15 is 0 Å². The second-order valence-electron chi connectivity index (χ2n) is 10.1. The van der Waals surface area contributed by atoms with Crippen LogP contribution in [0.25, 0.3) is 10.9 Å². The number of anilines is 1. The Bertz CT molecular complexity index is 1290. The number of β-amino-alcohol motifs (C(OH)–C–C–N with tert-alkyl or cyclic N) is 1. The lowest BCUT2D eigenvalue weighted by molar-refractivity contribution is 0.177. The van der Waals surface area contributed by atoms with E-state index in [4.69, 9.17) is 0 Å². The second-order valence-corrected chi connectivity index (χ2v) is 10.1. The van der Waals surface area contributed by atoms with E-state index in [1.807, 2.05) is 12.1 Å². The summed E-state index contributed by atoms with van der Waals surface area (Å²) in [7, 11) is 0. The predicted molar refractivity (Wildman–Crippen MR) is 138 cm³/mol. The SMILES string of the molecule is C[C@@H]1CN(c2ccc(C#N)c3ncccc23)CC2=C3CC=C(NCCN4CC[C@H](O)C4)C=C3CN21. The molecule has 0 unspecified atom stereocenters. The fourth-order valence-corrected chi connectivity index (χ4v) is 6.05. The maximum absolute atomic E-state index is 9.73. The summed E-state index contributed by atoms with van der Waals surface area (Å²) in [6, 6.07) is 10.7. The molecule has 0 radical (unpaired) electrons. The molecule has 2 atom stereocenters. The van der Waals surface area contributed by atoms with E-state index in [0.29, 0.717) is 11.6 Å². The van der Waals surface area contributed by atoms with E-state index < -0.39 is 0 Å². The topological polar surface area (TPSA) is 78.7 Å². The Balaban J connectivity index is 1.20. The monoisotopic (exact) mass is 468 g/mol. The van der Waals surface area contributed by atoms with Crippen molar-refractivity contribution in [2.75, 3.05) is 50.7 Å². The van der Waals surface area contributed by atoms with Gasteiger partial charge in [0.1, 0.15) is 6.07 Å². The minimum Gasteiger partial charge on any atom is -0.392 e. The van der Waals surface area contributed by atoms with Crippen molar-refractivity contribution in [3.8, 4) is 6.07 Å². The van der Waals surface area contributed by atoms with Crippen molar-refractivity contribution < 1.29 is 5.11 Å². The van der Waals surface area contributed by atoms with Crippen molar-refractivity contribution in [1.29, 1.82) is 5.26 Å². The highest BCUT2D eigenvalue weighted by molar-refractivity contribution is 5.95. The highest BCUT2D eigenvalue weighted by Crippen LogP contribution is 2.40. The van der Waals surface area contributed by atoms with Crippen molar-refractivity contribution in [3.05, 3.63) is 70.7 Å². The van der Waals surface area contributed by atoms with Crippen molar-refractivity contribution in [2.45, 2.75) is 31.9 Å². The van der Waals surface area contributed by atoms with Gasteiger partial charge in [-0.15, -0.1) is 0 Å². The first kappa shape index (κ1) is 22.1. The van der Waals surface area contributed by atoms with E-state index in [-0.39, 0.29) is 6.10 Å². The number of pyridine rings is 1. The third-order valence-electron chi connectivity index (χ3n) is 7.85. The lowest BCUT2D eigenvalue weighted by atomic mass is 9.97. The van der Waals surface area contributed by atoms with Crippen molar-refractivity contribution in [2.24, 2.45) is 0 Å². The number of nitrogens with one attached hydrogen (secondary N) is 1. The normalized spacial score (nSPS) is 24.3. The van der Waals surface area contributed by atoms with Gasteiger partial charge in [0.05, 0.1) is 23.7 Å². The van der Waals surface area contributed by atoms with Crippen LogP contribution in [0.1, 0.15) is 25.3 Å². The molecule has 0 spiro atoms. The zero-order valence-electron chi connectivity index (χ0n) is 20.2. The molecule has 1 aromatic carbocycles. The van der Waals surface area contributed by atoms with Crippen LogP contribution in [0.15, 0.2) is 65.2 Å². The highest BCUT2D eigenvalue weighted by Gasteiger charge is 2.36. The molecule has 3 aliphatic heterocycles. The molecular weight excluding hydrogens is 436 g/mol.